The molecule has 0 saturated heterocycles. The summed E-state index contributed by atoms with van der Waals surface area (Å²) in [6.07, 6.45) is 0. The number of ether oxygens (including phenoxy) is 1. The molecular weight excluding hydrogens is 288 g/mol. The number of Topliss-reactive ketones (excluding diaryl/α,β-unsaturated/α-hetero) is 1. The first-order valence-corrected chi connectivity index (χ1v) is 7.83. The van der Waals surface area contributed by atoms with Crippen LogP contribution in [0.25, 0.3) is 0 Å². The second-order valence-corrected chi connectivity index (χ2v) is 6.30. The van der Waals surface area contributed by atoms with Gasteiger partial charge in [-0.25, -0.2) is 9.97 Å². The van der Waals surface area contributed by atoms with Crippen LogP contribution in [0.2, 0.25) is 0 Å². The summed E-state index contributed by atoms with van der Waals surface area (Å²) in [4.78, 5) is 32.7. The number of carbonyl (C=O) groups is 2. The van der Waals surface area contributed by atoms with Gasteiger partial charge in [-0.3, -0.25) is 9.59 Å². The molecule has 0 N–H and O–H groups in total. The molecule has 0 aromatic carbocycles. The molecule has 0 aliphatic heterocycles. The number of hydrogen-bond acceptors (Lipinski definition) is 6. The fraction of sp³-hybridized carbons (Fsp3) is 0.600. The zero-order chi connectivity index (χ0) is 16.2. The average molecular weight is 310 g/mol. The second-order valence-electron chi connectivity index (χ2n) is 5.36. The van der Waals surface area contributed by atoms with Crippen LogP contribution in [0.1, 0.15) is 37.7 Å². The number of nitrogens with zero attached hydrogens (tertiary/aromatic N) is 2. The van der Waals surface area contributed by atoms with E-state index in [4.69, 9.17) is 4.74 Å². The molecule has 1 aromatic heterocycles. The van der Waals surface area contributed by atoms with Crippen LogP contribution in [0.4, 0.5) is 0 Å². The number of hydrogen-bond donors (Lipinski definition) is 0. The smallest absolute Gasteiger partial charge is 0.319 e. The van der Waals surface area contributed by atoms with E-state index >= 15 is 0 Å². The van der Waals surface area contributed by atoms with Crippen molar-refractivity contribution in [1.29, 1.82) is 0 Å². The molecule has 0 atom stereocenters. The molecule has 5 nitrogen and oxygen atoms in total. The number of esters is 1. The van der Waals surface area contributed by atoms with E-state index in [0.29, 0.717) is 5.16 Å². The van der Waals surface area contributed by atoms with Crippen molar-refractivity contribution in [2.24, 2.45) is 5.41 Å². The van der Waals surface area contributed by atoms with E-state index in [1.807, 2.05) is 20.8 Å². The van der Waals surface area contributed by atoms with Gasteiger partial charge in [-0.2, -0.15) is 0 Å². The van der Waals surface area contributed by atoms with E-state index in [1.54, 1.807) is 20.8 Å². The molecule has 0 aliphatic rings. The minimum atomic E-state index is -1.14. The highest BCUT2D eigenvalue weighted by atomic mass is 32.2. The van der Waals surface area contributed by atoms with E-state index in [-0.39, 0.29) is 18.1 Å². The molecule has 21 heavy (non-hydrogen) atoms. The number of carbonyl (C=O) groups excluding carboxylic acids is 2. The SMILES string of the molecule is CCOC(=O)C(C)(C)C(=O)CSc1nc(C)c(C)c(C)n1. The molecule has 0 amide bonds. The van der Waals surface area contributed by atoms with Crippen molar-refractivity contribution < 1.29 is 14.3 Å². The zero-order valence-corrected chi connectivity index (χ0v) is 14.3. The van der Waals surface area contributed by atoms with Gasteiger partial charge in [0.15, 0.2) is 10.9 Å². The summed E-state index contributed by atoms with van der Waals surface area (Å²) in [5.74, 6) is -0.536. The lowest BCUT2D eigenvalue weighted by Gasteiger charge is -2.20. The zero-order valence-electron chi connectivity index (χ0n) is 13.4. The van der Waals surface area contributed by atoms with Crippen molar-refractivity contribution in [2.75, 3.05) is 12.4 Å². The molecule has 0 radical (unpaired) electrons. The largest absolute Gasteiger partial charge is 0.465 e. The Morgan fingerprint density at radius 3 is 2.14 bits per heavy atom. The van der Waals surface area contributed by atoms with Crippen LogP contribution in [-0.4, -0.2) is 34.1 Å². The Balaban J connectivity index is 2.75. The highest BCUT2D eigenvalue weighted by Crippen LogP contribution is 2.24. The first kappa shape index (κ1) is 17.6. The van der Waals surface area contributed by atoms with E-state index < -0.39 is 11.4 Å². The molecule has 116 valence electrons. The van der Waals surface area contributed by atoms with Gasteiger partial charge in [0.25, 0.3) is 0 Å². The minimum Gasteiger partial charge on any atom is -0.465 e. The topological polar surface area (TPSA) is 69.2 Å². The maximum atomic E-state index is 12.2. The highest BCUT2D eigenvalue weighted by molar-refractivity contribution is 7.99. The Kier molecular flexibility index (Phi) is 5.89. The molecule has 0 spiro atoms. The van der Waals surface area contributed by atoms with Crippen molar-refractivity contribution in [1.82, 2.24) is 9.97 Å². The van der Waals surface area contributed by atoms with Crippen LogP contribution in [-0.2, 0) is 14.3 Å². The van der Waals surface area contributed by atoms with Crippen LogP contribution in [0.5, 0.6) is 0 Å². The quantitative estimate of drug-likeness (QED) is 0.348. The van der Waals surface area contributed by atoms with Crippen molar-refractivity contribution in [2.45, 2.75) is 46.7 Å². The van der Waals surface area contributed by atoms with Crippen molar-refractivity contribution in [3.63, 3.8) is 0 Å². The molecule has 1 aromatic rings. The van der Waals surface area contributed by atoms with Crippen LogP contribution in [0, 0.1) is 26.2 Å². The number of rotatable bonds is 6. The average Bonchev–Trinajstić information content (AvgIpc) is 2.42. The monoisotopic (exact) mass is 310 g/mol. The van der Waals surface area contributed by atoms with Crippen molar-refractivity contribution in [3.8, 4) is 0 Å². The van der Waals surface area contributed by atoms with E-state index in [0.717, 1.165) is 17.0 Å². The van der Waals surface area contributed by atoms with Gasteiger partial charge in [0.2, 0.25) is 0 Å². The summed E-state index contributed by atoms with van der Waals surface area (Å²) in [6, 6.07) is 0. The van der Waals surface area contributed by atoms with Gasteiger partial charge in [0.05, 0.1) is 12.4 Å². The molecule has 0 unspecified atom stereocenters. The van der Waals surface area contributed by atoms with Crippen LogP contribution in [0.15, 0.2) is 5.16 Å². The van der Waals surface area contributed by atoms with E-state index in [2.05, 4.69) is 9.97 Å². The normalized spacial score (nSPS) is 11.3. The van der Waals surface area contributed by atoms with Gasteiger partial charge in [-0.05, 0) is 47.1 Å². The van der Waals surface area contributed by atoms with Gasteiger partial charge in [0, 0.05) is 11.4 Å². The Morgan fingerprint density at radius 1 is 1.14 bits per heavy atom. The number of aryl methyl sites for hydroxylation is 2. The third-order valence-electron chi connectivity index (χ3n) is 3.43. The lowest BCUT2D eigenvalue weighted by atomic mass is 9.89. The Bertz CT molecular complexity index is 533. The van der Waals surface area contributed by atoms with E-state index in [9.17, 15) is 9.59 Å². The predicted molar refractivity (Wildman–Crippen MR) is 82.4 cm³/mol. The maximum absolute atomic E-state index is 12.2. The summed E-state index contributed by atoms with van der Waals surface area (Å²) < 4.78 is 4.93. The third kappa shape index (κ3) is 4.27. The van der Waals surface area contributed by atoms with Crippen LogP contribution < -0.4 is 0 Å². The third-order valence-corrected chi connectivity index (χ3v) is 4.27. The Hall–Kier alpha value is -1.43. The van der Waals surface area contributed by atoms with Gasteiger partial charge in [0.1, 0.15) is 5.41 Å². The molecule has 6 heteroatoms. The first-order valence-electron chi connectivity index (χ1n) is 6.85. The first-order chi connectivity index (χ1) is 9.70. The minimum absolute atomic E-state index is 0.147. The number of aromatic nitrogens is 2. The lowest BCUT2D eigenvalue weighted by Crippen LogP contribution is -2.36. The number of ketones is 1. The predicted octanol–water partition coefficient (Wildman–Crippen LogP) is 2.65. The molecule has 0 fully saturated rings. The summed E-state index contributed by atoms with van der Waals surface area (Å²) >= 11 is 1.25. The molecule has 1 heterocycles. The lowest BCUT2D eigenvalue weighted by molar-refractivity contribution is -0.157. The molecule has 0 aliphatic carbocycles. The summed E-state index contributed by atoms with van der Waals surface area (Å²) in [5.41, 5.74) is 1.72. The highest BCUT2D eigenvalue weighted by Gasteiger charge is 2.37. The van der Waals surface area contributed by atoms with Crippen molar-refractivity contribution in [3.05, 3.63) is 17.0 Å². The fourth-order valence-corrected chi connectivity index (χ4v) is 2.57. The van der Waals surface area contributed by atoms with Gasteiger partial charge in [-0.15, -0.1) is 0 Å². The molecule has 0 saturated carbocycles. The second kappa shape index (κ2) is 7.02. The molecular formula is C15H22N2O3S. The van der Waals surface area contributed by atoms with Gasteiger partial charge >= 0.3 is 5.97 Å². The summed E-state index contributed by atoms with van der Waals surface area (Å²) in [6.45, 7) is 11.0. The van der Waals surface area contributed by atoms with Crippen molar-refractivity contribution >= 4 is 23.5 Å². The Labute approximate surface area is 129 Å². The van der Waals surface area contributed by atoms with Gasteiger partial charge in [-0.1, -0.05) is 11.8 Å². The molecule has 1 rings (SSSR count). The van der Waals surface area contributed by atoms with E-state index in [1.165, 1.54) is 11.8 Å². The van der Waals surface area contributed by atoms with Gasteiger partial charge < -0.3 is 4.74 Å². The van der Waals surface area contributed by atoms with Crippen LogP contribution in [0.3, 0.4) is 0 Å². The summed E-state index contributed by atoms with van der Waals surface area (Å²) in [7, 11) is 0. The fourth-order valence-electron chi connectivity index (χ4n) is 1.54. The number of thioether (sulfide) groups is 1. The maximum Gasteiger partial charge on any atom is 0.319 e. The Morgan fingerprint density at radius 2 is 1.67 bits per heavy atom. The summed E-state index contributed by atoms with van der Waals surface area (Å²) in [5, 5.41) is 0.559. The standard InChI is InChI=1S/C15H22N2O3S/c1-7-20-13(19)15(5,6)12(18)8-21-14-16-10(3)9(2)11(4)17-14/h7-8H2,1-6H3. The molecule has 0 bridgehead atoms. The van der Waals surface area contributed by atoms with Crippen LogP contribution >= 0.6 is 11.8 Å².